The molecule has 1 aromatic heterocycles. The summed E-state index contributed by atoms with van der Waals surface area (Å²) < 4.78 is 7.26. The molecule has 6 heteroatoms. The Kier molecular flexibility index (Phi) is 3.95. The van der Waals surface area contributed by atoms with Crippen molar-refractivity contribution in [1.82, 2.24) is 14.8 Å². The standard InChI is InChI=1S/C20H20N4O2/c1-12(2)26-19(25)17-13(3)23-20-21-11-22-24(20)18(17)16-10-6-8-14-7-4-5-9-15(14)16/h4-12,18H,1-3H3,(H,21,22,23)/t18-/m1/s1. The third-order valence-electron chi connectivity index (χ3n) is 4.47. The van der Waals surface area contributed by atoms with Gasteiger partial charge in [0.05, 0.1) is 11.7 Å². The fraction of sp³-hybridized carbons (Fsp3) is 0.250. The first kappa shape index (κ1) is 16.3. The van der Waals surface area contributed by atoms with E-state index in [1.54, 1.807) is 4.68 Å². The lowest BCUT2D eigenvalue weighted by Crippen LogP contribution is -2.30. The first-order valence-electron chi connectivity index (χ1n) is 8.62. The van der Waals surface area contributed by atoms with Crippen molar-refractivity contribution in [3.63, 3.8) is 0 Å². The Morgan fingerprint density at radius 1 is 1.19 bits per heavy atom. The average Bonchev–Trinajstić information content (AvgIpc) is 3.07. The average molecular weight is 348 g/mol. The van der Waals surface area contributed by atoms with Gasteiger partial charge in [-0.2, -0.15) is 10.1 Å². The van der Waals surface area contributed by atoms with E-state index >= 15 is 0 Å². The molecule has 1 N–H and O–H groups in total. The number of nitrogens with zero attached hydrogens (tertiary/aromatic N) is 3. The molecule has 0 fully saturated rings. The predicted molar refractivity (Wildman–Crippen MR) is 99.7 cm³/mol. The zero-order valence-corrected chi connectivity index (χ0v) is 14.9. The van der Waals surface area contributed by atoms with Crippen LogP contribution in [0.5, 0.6) is 0 Å². The Hall–Kier alpha value is -3.15. The lowest BCUT2D eigenvalue weighted by Gasteiger charge is -2.29. The van der Waals surface area contributed by atoms with Crippen LogP contribution in [0.25, 0.3) is 10.8 Å². The summed E-state index contributed by atoms with van der Waals surface area (Å²) in [6.45, 7) is 5.56. The molecular formula is C20H20N4O2. The number of hydrogen-bond donors (Lipinski definition) is 1. The minimum Gasteiger partial charge on any atom is -0.459 e. The number of anilines is 1. The topological polar surface area (TPSA) is 69.0 Å². The van der Waals surface area contributed by atoms with E-state index in [1.807, 2.05) is 45.0 Å². The molecule has 0 saturated heterocycles. The predicted octanol–water partition coefficient (Wildman–Crippen LogP) is 3.67. The highest BCUT2D eigenvalue weighted by Crippen LogP contribution is 2.38. The number of fused-ring (bicyclic) bond motifs is 2. The fourth-order valence-corrected chi connectivity index (χ4v) is 3.41. The second-order valence-electron chi connectivity index (χ2n) is 6.62. The van der Waals surface area contributed by atoms with Crippen molar-refractivity contribution < 1.29 is 9.53 Å². The Morgan fingerprint density at radius 3 is 2.77 bits per heavy atom. The molecule has 0 radical (unpaired) electrons. The number of rotatable bonds is 3. The van der Waals surface area contributed by atoms with E-state index in [1.165, 1.54) is 6.33 Å². The molecule has 1 atom stereocenters. The molecule has 2 heterocycles. The normalized spacial score (nSPS) is 16.5. The summed E-state index contributed by atoms with van der Waals surface area (Å²) >= 11 is 0. The number of ether oxygens (including phenoxy) is 1. The minimum absolute atomic E-state index is 0.201. The monoisotopic (exact) mass is 348 g/mol. The van der Waals surface area contributed by atoms with Crippen molar-refractivity contribution >= 4 is 22.7 Å². The number of esters is 1. The summed E-state index contributed by atoms with van der Waals surface area (Å²) in [5.74, 6) is 0.269. The number of carbonyl (C=O) groups excluding carboxylic acids is 1. The molecule has 132 valence electrons. The van der Waals surface area contributed by atoms with Crippen LogP contribution in [0.1, 0.15) is 32.4 Å². The molecular weight excluding hydrogens is 328 g/mol. The van der Waals surface area contributed by atoms with Crippen LogP contribution in [0, 0.1) is 0 Å². The summed E-state index contributed by atoms with van der Waals surface area (Å²) in [5.41, 5.74) is 2.27. The smallest absolute Gasteiger partial charge is 0.338 e. The van der Waals surface area contributed by atoms with Gasteiger partial charge in [0.2, 0.25) is 5.95 Å². The Labute approximate surface area is 151 Å². The van der Waals surface area contributed by atoms with Gasteiger partial charge in [-0.1, -0.05) is 42.5 Å². The minimum atomic E-state index is -0.397. The Morgan fingerprint density at radius 2 is 1.96 bits per heavy atom. The highest BCUT2D eigenvalue weighted by molar-refractivity contribution is 5.95. The molecule has 0 saturated carbocycles. The van der Waals surface area contributed by atoms with Crippen molar-refractivity contribution in [1.29, 1.82) is 0 Å². The highest BCUT2D eigenvalue weighted by Gasteiger charge is 2.35. The molecule has 1 aliphatic heterocycles. The van der Waals surface area contributed by atoms with Gasteiger partial charge in [-0.15, -0.1) is 0 Å². The number of nitrogens with one attached hydrogen (secondary N) is 1. The van der Waals surface area contributed by atoms with Gasteiger partial charge in [0.25, 0.3) is 0 Å². The van der Waals surface area contributed by atoms with Crippen LogP contribution in [0.2, 0.25) is 0 Å². The zero-order valence-electron chi connectivity index (χ0n) is 14.9. The van der Waals surface area contributed by atoms with Crippen molar-refractivity contribution in [2.75, 3.05) is 5.32 Å². The molecule has 0 spiro atoms. The summed E-state index contributed by atoms with van der Waals surface area (Å²) in [7, 11) is 0. The maximum Gasteiger partial charge on any atom is 0.338 e. The van der Waals surface area contributed by atoms with Crippen LogP contribution in [0.4, 0.5) is 5.95 Å². The van der Waals surface area contributed by atoms with Crippen LogP contribution >= 0.6 is 0 Å². The maximum absolute atomic E-state index is 12.9. The van der Waals surface area contributed by atoms with Gasteiger partial charge >= 0.3 is 5.97 Å². The van der Waals surface area contributed by atoms with E-state index in [9.17, 15) is 4.79 Å². The summed E-state index contributed by atoms with van der Waals surface area (Å²) in [6, 6.07) is 13.8. The second kappa shape index (κ2) is 6.29. The molecule has 0 aliphatic carbocycles. The van der Waals surface area contributed by atoms with Crippen LogP contribution in [0.3, 0.4) is 0 Å². The van der Waals surface area contributed by atoms with Gasteiger partial charge in [-0.05, 0) is 37.1 Å². The lowest BCUT2D eigenvalue weighted by atomic mass is 9.91. The number of allylic oxidation sites excluding steroid dienone is 1. The second-order valence-corrected chi connectivity index (χ2v) is 6.62. The Balaban J connectivity index is 1.94. The van der Waals surface area contributed by atoms with Crippen LogP contribution < -0.4 is 5.32 Å². The van der Waals surface area contributed by atoms with Gasteiger partial charge in [0, 0.05) is 5.70 Å². The SMILES string of the molecule is CC1=C(C(=O)OC(C)C)[C@@H](c2cccc3ccccc23)n2ncnc2N1. The molecule has 0 amide bonds. The van der Waals surface area contributed by atoms with E-state index in [2.05, 4.69) is 33.6 Å². The van der Waals surface area contributed by atoms with E-state index < -0.39 is 6.04 Å². The molecule has 4 rings (SSSR count). The third-order valence-corrected chi connectivity index (χ3v) is 4.47. The van der Waals surface area contributed by atoms with Gasteiger partial charge in [0.15, 0.2) is 0 Å². The molecule has 0 unspecified atom stereocenters. The van der Waals surface area contributed by atoms with Crippen molar-refractivity contribution in [3.05, 3.63) is 65.6 Å². The molecule has 3 aromatic rings. The summed E-state index contributed by atoms with van der Waals surface area (Å²) in [6.07, 6.45) is 1.29. The molecule has 0 bridgehead atoms. The maximum atomic E-state index is 12.9. The van der Waals surface area contributed by atoms with Crippen molar-refractivity contribution in [3.8, 4) is 0 Å². The zero-order chi connectivity index (χ0) is 18.3. The summed E-state index contributed by atoms with van der Waals surface area (Å²) in [4.78, 5) is 17.2. The first-order valence-corrected chi connectivity index (χ1v) is 8.62. The van der Waals surface area contributed by atoms with Gasteiger partial charge in [-0.25, -0.2) is 9.48 Å². The van der Waals surface area contributed by atoms with Gasteiger partial charge < -0.3 is 10.1 Å². The fourth-order valence-electron chi connectivity index (χ4n) is 3.41. The number of carbonyl (C=O) groups is 1. The van der Waals surface area contributed by atoms with Gasteiger partial charge in [0.1, 0.15) is 12.4 Å². The molecule has 26 heavy (non-hydrogen) atoms. The molecule has 6 nitrogen and oxygen atoms in total. The summed E-state index contributed by atoms with van der Waals surface area (Å²) in [5, 5.41) is 9.71. The highest BCUT2D eigenvalue weighted by atomic mass is 16.5. The van der Waals surface area contributed by atoms with Crippen LogP contribution in [0.15, 0.2) is 60.1 Å². The Bertz CT molecular complexity index is 1010. The largest absolute Gasteiger partial charge is 0.459 e. The van der Waals surface area contributed by atoms with E-state index in [-0.39, 0.29) is 12.1 Å². The number of aromatic nitrogens is 3. The van der Waals surface area contributed by atoms with Gasteiger partial charge in [-0.3, -0.25) is 0 Å². The van der Waals surface area contributed by atoms with Crippen LogP contribution in [-0.2, 0) is 9.53 Å². The van der Waals surface area contributed by atoms with E-state index in [4.69, 9.17) is 4.74 Å². The molecule has 2 aromatic carbocycles. The van der Waals surface area contributed by atoms with Crippen molar-refractivity contribution in [2.24, 2.45) is 0 Å². The number of benzene rings is 2. The number of hydrogen-bond acceptors (Lipinski definition) is 5. The quantitative estimate of drug-likeness (QED) is 0.731. The van der Waals surface area contributed by atoms with E-state index in [0.717, 1.165) is 22.0 Å². The van der Waals surface area contributed by atoms with Crippen LogP contribution in [-0.4, -0.2) is 26.8 Å². The van der Waals surface area contributed by atoms with E-state index in [0.29, 0.717) is 11.5 Å². The van der Waals surface area contributed by atoms with Crippen molar-refractivity contribution in [2.45, 2.75) is 32.9 Å². The third kappa shape index (κ3) is 2.63. The lowest BCUT2D eigenvalue weighted by molar-refractivity contribution is -0.143. The first-order chi connectivity index (χ1) is 12.6. The molecule has 1 aliphatic rings.